The molecule has 0 unspecified atom stereocenters. The van der Waals surface area contributed by atoms with Crippen LogP contribution < -0.4 is 0 Å². The van der Waals surface area contributed by atoms with Crippen LogP contribution in [-0.2, 0) is 13.0 Å². The molecule has 2 aromatic rings. The van der Waals surface area contributed by atoms with Gasteiger partial charge in [0, 0.05) is 14.0 Å². The van der Waals surface area contributed by atoms with Crippen LogP contribution in [0.1, 0.15) is 12.6 Å². The van der Waals surface area contributed by atoms with Crippen LogP contribution in [0.2, 0.25) is 0 Å². The Bertz CT molecular complexity index is 514. The number of aromatic hydroxyl groups is 1. The van der Waals surface area contributed by atoms with Crippen LogP contribution in [0.4, 0.5) is 8.78 Å². The molecule has 0 saturated carbocycles. The van der Waals surface area contributed by atoms with Gasteiger partial charge in [0.15, 0.2) is 0 Å². The summed E-state index contributed by atoms with van der Waals surface area (Å²) < 4.78 is 27.7. The van der Waals surface area contributed by atoms with Gasteiger partial charge in [-0.2, -0.15) is 13.9 Å². The third-order valence-corrected chi connectivity index (χ3v) is 2.27. The Morgan fingerprint density at radius 2 is 2.07 bits per heavy atom. The van der Waals surface area contributed by atoms with E-state index >= 15 is 0 Å². The van der Waals surface area contributed by atoms with Crippen molar-refractivity contribution in [1.82, 2.24) is 9.78 Å². The van der Waals surface area contributed by atoms with Crippen LogP contribution in [0.25, 0.3) is 10.9 Å². The van der Waals surface area contributed by atoms with Crippen LogP contribution in [0.3, 0.4) is 0 Å². The molecule has 0 bridgehead atoms. The fourth-order valence-corrected chi connectivity index (χ4v) is 1.60. The number of halogens is 2. The molecule has 0 atom stereocenters. The second kappa shape index (κ2) is 2.92. The quantitative estimate of drug-likeness (QED) is 0.788. The summed E-state index contributed by atoms with van der Waals surface area (Å²) >= 11 is 0. The monoisotopic (exact) mass is 212 g/mol. The van der Waals surface area contributed by atoms with Gasteiger partial charge in [-0.15, -0.1) is 0 Å². The molecule has 5 heteroatoms. The molecule has 0 aliphatic carbocycles. The summed E-state index contributed by atoms with van der Waals surface area (Å²) in [5.74, 6) is -3.23. The zero-order chi connectivity index (χ0) is 11.2. The van der Waals surface area contributed by atoms with Crippen molar-refractivity contribution in [1.29, 1.82) is 0 Å². The van der Waals surface area contributed by atoms with Crippen molar-refractivity contribution in [3.63, 3.8) is 0 Å². The predicted molar refractivity (Wildman–Crippen MR) is 51.9 cm³/mol. The molecule has 3 nitrogen and oxygen atoms in total. The van der Waals surface area contributed by atoms with Crippen molar-refractivity contribution in [3.8, 4) is 5.75 Å². The van der Waals surface area contributed by atoms with Gasteiger partial charge in [0.1, 0.15) is 11.4 Å². The second-order valence-electron chi connectivity index (χ2n) is 3.53. The summed E-state index contributed by atoms with van der Waals surface area (Å²) in [6.45, 7) is 0.765. The second-order valence-corrected chi connectivity index (χ2v) is 3.53. The Kier molecular flexibility index (Phi) is 1.92. The Balaban J connectivity index is 2.88. The number of phenolic OH excluding ortho intramolecular Hbond substituents is 1. The Morgan fingerprint density at radius 1 is 1.40 bits per heavy atom. The standard InChI is InChI=1S/C10H10F2N2O/c1-10(11,12)9-8-6(14(2)13-9)4-3-5-7(8)15/h3-5,15H,1-2H3. The van der Waals surface area contributed by atoms with E-state index in [-0.39, 0.29) is 11.1 Å². The van der Waals surface area contributed by atoms with Gasteiger partial charge in [0.25, 0.3) is 5.92 Å². The summed E-state index contributed by atoms with van der Waals surface area (Å²) in [5, 5.41) is 13.4. The Morgan fingerprint density at radius 3 is 2.67 bits per heavy atom. The molecule has 1 aromatic carbocycles. The summed E-state index contributed by atoms with van der Waals surface area (Å²) in [6.07, 6.45) is 0. The normalized spacial score (nSPS) is 12.3. The van der Waals surface area contributed by atoms with Crippen molar-refractivity contribution in [2.24, 2.45) is 7.05 Å². The van der Waals surface area contributed by atoms with Crippen LogP contribution in [0.5, 0.6) is 5.75 Å². The Hall–Kier alpha value is -1.65. The number of aryl methyl sites for hydroxylation is 1. The first-order valence-corrected chi connectivity index (χ1v) is 4.44. The molecule has 1 N–H and O–H groups in total. The van der Waals surface area contributed by atoms with Gasteiger partial charge < -0.3 is 5.11 Å². The number of rotatable bonds is 1. The average molecular weight is 212 g/mol. The third kappa shape index (κ3) is 1.44. The molecule has 1 aromatic heterocycles. The van der Waals surface area contributed by atoms with Gasteiger partial charge in [0.2, 0.25) is 0 Å². The van der Waals surface area contributed by atoms with E-state index in [0.29, 0.717) is 5.52 Å². The summed E-state index contributed by atoms with van der Waals surface area (Å²) in [6, 6.07) is 4.60. The molecule has 0 fully saturated rings. The number of hydrogen-bond donors (Lipinski definition) is 1. The number of nitrogens with zero attached hydrogens (tertiary/aromatic N) is 2. The van der Waals surface area contributed by atoms with E-state index in [4.69, 9.17) is 0 Å². The lowest BCUT2D eigenvalue weighted by molar-refractivity contribution is 0.0136. The van der Waals surface area contributed by atoms with Crippen molar-refractivity contribution in [2.45, 2.75) is 12.8 Å². The average Bonchev–Trinajstić information content (AvgIpc) is 2.45. The number of phenols is 1. The van der Waals surface area contributed by atoms with Crippen LogP contribution in [0, 0.1) is 0 Å². The van der Waals surface area contributed by atoms with Crippen molar-refractivity contribution < 1.29 is 13.9 Å². The number of hydrogen-bond acceptors (Lipinski definition) is 2. The zero-order valence-corrected chi connectivity index (χ0v) is 8.33. The first-order valence-electron chi connectivity index (χ1n) is 4.44. The van der Waals surface area contributed by atoms with Gasteiger partial charge in [-0.1, -0.05) is 6.07 Å². The van der Waals surface area contributed by atoms with Crippen LogP contribution >= 0.6 is 0 Å². The molecule has 80 valence electrons. The minimum Gasteiger partial charge on any atom is -0.507 e. The van der Waals surface area contributed by atoms with Gasteiger partial charge in [-0.3, -0.25) is 4.68 Å². The molecule has 0 aliphatic rings. The summed E-state index contributed by atoms with van der Waals surface area (Å²) in [4.78, 5) is 0. The number of benzene rings is 1. The molecular weight excluding hydrogens is 202 g/mol. The van der Waals surface area contributed by atoms with E-state index < -0.39 is 11.6 Å². The molecule has 0 aliphatic heterocycles. The molecule has 1 heterocycles. The SMILES string of the molecule is Cn1nc(C(C)(F)F)c2c(O)cccc21. The zero-order valence-electron chi connectivity index (χ0n) is 8.33. The summed E-state index contributed by atoms with van der Waals surface area (Å²) in [7, 11) is 1.57. The van der Waals surface area contributed by atoms with E-state index in [2.05, 4.69) is 5.10 Å². The molecule has 0 spiro atoms. The number of fused-ring (bicyclic) bond motifs is 1. The van der Waals surface area contributed by atoms with E-state index in [9.17, 15) is 13.9 Å². The fourth-order valence-electron chi connectivity index (χ4n) is 1.60. The highest BCUT2D eigenvalue weighted by molar-refractivity contribution is 5.88. The van der Waals surface area contributed by atoms with Crippen LogP contribution in [0.15, 0.2) is 18.2 Å². The first-order chi connectivity index (χ1) is 6.91. The maximum Gasteiger partial charge on any atom is 0.289 e. The number of aromatic nitrogens is 2. The fraction of sp³-hybridized carbons (Fsp3) is 0.300. The first kappa shape index (κ1) is 9.89. The van der Waals surface area contributed by atoms with Crippen molar-refractivity contribution in [3.05, 3.63) is 23.9 Å². The molecule has 0 saturated heterocycles. The molecule has 0 radical (unpaired) electrons. The van der Waals surface area contributed by atoms with Crippen LogP contribution in [-0.4, -0.2) is 14.9 Å². The minimum absolute atomic E-state index is 0.118. The van der Waals surface area contributed by atoms with E-state index in [0.717, 1.165) is 6.92 Å². The smallest absolute Gasteiger partial charge is 0.289 e. The van der Waals surface area contributed by atoms with E-state index in [1.165, 1.54) is 10.7 Å². The maximum absolute atomic E-state index is 13.2. The van der Waals surface area contributed by atoms with Gasteiger partial charge >= 0.3 is 0 Å². The van der Waals surface area contributed by atoms with Crippen molar-refractivity contribution >= 4 is 10.9 Å². The lowest BCUT2D eigenvalue weighted by Crippen LogP contribution is -2.09. The largest absolute Gasteiger partial charge is 0.507 e. The third-order valence-electron chi connectivity index (χ3n) is 2.27. The minimum atomic E-state index is -3.06. The molecule has 2 rings (SSSR count). The predicted octanol–water partition coefficient (Wildman–Crippen LogP) is 2.39. The van der Waals surface area contributed by atoms with E-state index in [1.54, 1.807) is 19.2 Å². The lowest BCUT2D eigenvalue weighted by Gasteiger charge is -2.06. The summed E-state index contributed by atoms with van der Waals surface area (Å²) in [5.41, 5.74) is 0.102. The topological polar surface area (TPSA) is 38.0 Å². The Labute approximate surface area is 84.9 Å². The lowest BCUT2D eigenvalue weighted by atomic mass is 10.1. The maximum atomic E-state index is 13.2. The highest BCUT2D eigenvalue weighted by Crippen LogP contribution is 2.36. The van der Waals surface area contributed by atoms with Gasteiger partial charge in [-0.25, -0.2) is 0 Å². The van der Waals surface area contributed by atoms with Gasteiger partial charge in [0.05, 0.1) is 10.9 Å². The van der Waals surface area contributed by atoms with Gasteiger partial charge in [-0.05, 0) is 12.1 Å². The van der Waals surface area contributed by atoms with E-state index in [1.807, 2.05) is 0 Å². The molecule has 0 amide bonds. The molecular formula is C10H10F2N2O. The van der Waals surface area contributed by atoms with Crippen molar-refractivity contribution in [2.75, 3.05) is 0 Å². The highest BCUT2D eigenvalue weighted by Gasteiger charge is 2.32. The molecule has 15 heavy (non-hydrogen) atoms. The number of alkyl halides is 2. The highest BCUT2D eigenvalue weighted by atomic mass is 19.3.